The first kappa shape index (κ1) is 24.6. The Balaban J connectivity index is 1.73. The van der Waals surface area contributed by atoms with Gasteiger partial charge in [0, 0.05) is 32.7 Å². The molecule has 180 valence electrons. The van der Waals surface area contributed by atoms with Crippen LogP contribution in [0.2, 0.25) is 0 Å². The van der Waals surface area contributed by atoms with Crippen LogP contribution in [0.15, 0.2) is 12.1 Å². The highest BCUT2D eigenvalue weighted by Gasteiger charge is 2.28. The molecule has 0 N–H and O–H groups in total. The molecule has 0 amide bonds. The number of cyclic esters (lactones) is 1. The van der Waals surface area contributed by atoms with E-state index in [-0.39, 0.29) is 11.4 Å². The fourth-order valence-electron chi connectivity index (χ4n) is 4.75. The summed E-state index contributed by atoms with van der Waals surface area (Å²) >= 11 is 0. The Morgan fingerprint density at radius 1 is 0.812 bits per heavy atom. The molecule has 0 aliphatic carbocycles. The van der Waals surface area contributed by atoms with Gasteiger partial charge in [0.15, 0.2) is 11.5 Å². The number of rotatable bonds is 2. The van der Waals surface area contributed by atoms with Gasteiger partial charge >= 0.3 is 5.97 Å². The quantitative estimate of drug-likeness (QED) is 0.637. The van der Waals surface area contributed by atoms with Crippen molar-refractivity contribution >= 4 is 5.97 Å². The van der Waals surface area contributed by atoms with Crippen LogP contribution in [0.4, 0.5) is 0 Å². The number of nitrogens with zero attached hydrogens (tertiary/aromatic N) is 2. The number of fused-ring (bicyclic) bond motifs is 5. The van der Waals surface area contributed by atoms with Gasteiger partial charge in [0.2, 0.25) is 5.75 Å². The predicted molar refractivity (Wildman–Crippen MR) is 125 cm³/mol. The van der Waals surface area contributed by atoms with E-state index in [4.69, 9.17) is 18.9 Å². The first-order valence-electron chi connectivity index (χ1n) is 11.9. The first-order chi connectivity index (χ1) is 15.4. The zero-order valence-corrected chi connectivity index (χ0v) is 20.3. The van der Waals surface area contributed by atoms with Gasteiger partial charge in [-0.3, -0.25) is 0 Å². The summed E-state index contributed by atoms with van der Waals surface area (Å²) in [5, 5.41) is 0. The molecule has 1 aromatic rings. The Labute approximate surface area is 192 Å². The highest BCUT2D eigenvalue weighted by Crippen LogP contribution is 2.38. The monoisotopic (exact) mass is 448 g/mol. The van der Waals surface area contributed by atoms with Crippen LogP contribution in [0.1, 0.15) is 56.3 Å². The molecule has 2 unspecified atom stereocenters. The number of ether oxygens (including phenoxy) is 4. The summed E-state index contributed by atoms with van der Waals surface area (Å²) < 4.78 is 22.5. The highest BCUT2D eigenvalue weighted by atomic mass is 16.5. The smallest absolute Gasteiger partial charge is 0.338 e. The maximum Gasteiger partial charge on any atom is 0.338 e. The number of methoxy groups -OCH3 is 2. The van der Waals surface area contributed by atoms with E-state index in [0.29, 0.717) is 36.0 Å². The molecule has 0 spiro atoms. The molecule has 1 aromatic carbocycles. The van der Waals surface area contributed by atoms with Crippen LogP contribution in [0.3, 0.4) is 0 Å². The summed E-state index contributed by atoms with van der Waals surface area (Å²) in [6.45, 7) is 12.2. The van der Waals surface area contributed by atoms with E-state index in [1.165, 1.54) is 12.8 Å². The molecular weight excluding hydrogens is 408 g/mol. The highest BCUT2D eigenvalue weighted by molar-refractivity contribution is 5.91. The zero-order chi connectivity index (χ0) is 23.0. The number of hydrogen-bond acceptors (Lipinski definition) is 7. The van der Waals surface area contributed by atoms with Crippen LogP contribution < -0.4 is 14.2 Å². The summed E-state index contributed by atoms with van der Waals surface area (Å²) in [5.41, 5.74) is 0.680. The van der Waals surface area contributed by atoms with Crippen LogP contribution in [-0.2, 0) is 4.74 Å². The van der Waals surface area contributed by atoms with E-state index in [1.54, 1.807) is 26.4 Å². The van der Waals surface area contributed by atoms with Gasteiger partial charge in [-0.05, 0) is 43.4 Å². The van der Waals surface area contributed by atoms with Crippen molar-refractivity contribution in [2.75, 3.05) is 66.7 Å². The molecule has 2 atom stereocenters. The third-order valence-corrected chi connectivity index (χ3v) is 6.19. The third-order valence-electron chi connectivity index (χ3n) is 6.19. The van der Waals surface area contributed by atoms with E-state index < -0.39 is 0 Å². The van der Waals surface area contributed by atoms with Crippen molar-refractivity contribution in [1.82, 2.24) is 9.80 Å². The van der Waals surface area contributed by atoms with Gasteiger partial charge in [0.25, 0.3) is 0 Å². The standard InChI is InChI=1S/C25H40N2O5/c1-25(2)18-26-10-7-5-6-8-14-31-22-17-20(16-21(29-3)23(22)30-4)24(28)32-15-9-11-27(19-25)13-12-26/h16-17H,5-15,18-19H2,1-4H3. The average molecular weight is 449 g/mol. The molecule has 3 rings (SSSR count). The number of carbonyl (C=O) groups is 1. The normalized spacial score (nSPS) is 25.3. The summed E-state index contributed by atoms with van der Waals surface area (Å²) in [7, 11) is 3.13. The van der Waals surface area contributed by atoms with Gasteiger partial charge in [0.05, 0.1) is 33.0 Å². The fourth-order valence-corrected chi connectivity index (χ4v) is 4.75. The largest absolute Gasteiger partial charge is 0.493 e. The molecule has 2 heterocycles. The molecule has 4 bridgehead atoms. The van der Waals surface area contributed by atoms with E-state index in [9.17, 15) is 4.79 Å². The topological polar surface area (TPSA) is 60.5 Å². The lowest BCUT2D eigenvalue weighted by Gasteiger charge is -2.31. The van der Waals surface area contributed by atoms with Gasteiger partial charge in [-0.1, -0.05) is 26.7 Å². The number of carbonyl (C=O) groups excluding carboxylic acids is 1. The summed E-state index contributed by atoms with van der Waals surface area (Å²) in [5.74, 6) is 1.13. The summed E-state index contributed by atoms with van der Waals surface area (Å²) in [6.07, 6.45) is 5.30. The van der Waals surface area contributed by atoms with E-state index in [1.807, 2.05) is 0 Å². The lowest BCUT2D eigenvalue weighted by Crippen LogP contribution is -2.37. The Hall–Kier alpha value is -1.99. The minimum atomic E-state index is -0.365. The molecule has 1 saturated heterocycles. The molecule has 2 aliphatic heterocycles. The van der Waals surface area contributed by atoms with Crippen LogP contribution in [0.5, 0.6) is 17.2 Å². The lowest BCUT2D eigenvalue weighted by atomic mass is 9.92. The van der Waals surface area contributed by atoms with Crippen molar-refractivity contribution in [1.29, 1.82) is 0 Å². The molecule has 0 saturated carbocycles. The Kier molecular flexibility index (Phi) is 9.05. The first-order valence-corrected chi connectivity index (χ1v) is 11.9. The molecule has 32 heavy (non-hydrogen) atoms. The van der Waals surface area contributed by atoms with Crippen molar-refractivity contribution in [2.24, 2.45) is 5.41 Å². The maximum atomic E-state index is 12.7. The van der Waals surface area contributed by atoms with Crippen LogP contribution in [-0.4, -0.2) is 82.5 Å². The van der Waals surface area contributed by atoms with Crippen molar-refractivity contribution in [3.63, 3.8) is 0 Å². The zero-order valence-electron chi connectivity index (χ0n) is 20.3. The predicted octanol–water partition coefficient (Wildman–Crippen LogP) is 3.85. The van der Waals surface area contributed by atoms with E-state index >= 15 is 0 Å². The average Bonchev–Trinajstić information content (AvgIpc) is 2.91. The second kappa shape index (κ2) is 11.8. The molecule has 0 aromatic heterocycles. The lowest BCUT2D eigenvalue weighted by molar-refractivity contribution is 0.0483. The molecule has 0 radical (unpaired) electrons. The Morgan fingerprint density at radius 3 is 2.16 bits per heavy atom. The van der Waals surface area contributed by atoms with Gasteiger partial charge < -0.3 is 28.7 Å². The number of hydrogen-bond donors (Lipinski definition) is 0. The van der Waals surface area contributed by atoms with Gasteiger partial charge in [-0.25, -0.2) is 4.79 Å². The maximum absolute atomic E-state index is 12.7. The van der Waals surface area contributed by atoms with E-state index in [0.717, 1.165) is 58.5 Å². The summed E-state index contributed by atoms with van der Waals surface area (Å²) in [4.78, 5) is 17.8. The van der Waals surface area contributed by atoms with Crippen molar-refractivity contribution in [3.05, 3.63) is 17.7 Å². The van der Waals surface area contributed by atoms with Crippen LogP contribution >= 0.6 is 0 Å². The van der Waals surface area contributed by atoms with E-state index in [2.05, 4.69) is 23.6 Å². The van der Waals surface area contributed by atoms with Crippen molar-refractivity contribution in [2.45, 2.75) is 46.0 Å². The second-order valence-corrected chi connectivity index (χ2v) is 9.68. The van der Waals surface area contributed by atoms with Crippen molar-refractivity contribution < 1.29 is 23.7 Å². The molecule has 2 aliphatic rings. The van der Waals surface area contributed by atoms with Crippen LogP contribution in [0.25, 0.3) is 0 Å². The Morgan fingerprint density at radius 2 is 1.47 bits per heavy atom. The third kappa shape index (κ3) is 7.01. The number of benzene rings is 1. The molecule has 1 fully saturated rings. The van der Waals surface area contributed by atoms with Crippen LogP contribution in [0, 0.1) is 5.41 Å². The Bertz CT molecular complexity index is 752. The van der Waals surface area contributed by atoms with Crippen molar-refractivity contribution in [3.8, 4) is 17.2 Å². The molecule has 7 heteroatoms. The SMILES string of the molecule is COc1cc2cc(c1OC)OCCCCCCN1CCN(CCCOC2=O)CC(C)(C)C1. The molecule has 7 nitrogen and oxygen atoms in total. The minimum absolute atomic E-state index is 0.262. The molecular formula is C25H40N2O5. The minimum Gasteiger partial charge on any atom is -0.493 e. The van der Waals surface area contributed by atoms with Gasteiger partial charge in [-0.2, -0.15) is 0 Å². The fraction of sp³-hybridized carbons (Fsp3) is 0.720. The van der Waals surface area contributed by atoms with Gasteiger partial charge in [0.1, 0.15) is 0 Å². The van der Waals surface area contributed by atoms with Gasteiger partial charge in [-0.15, -0.1) is 0 Å². The number of esters is 1. The second-order valence-electron chi connectivity index (χ2n) is 9.68. The summed E-state index contributed by atoms with van der Waals surface area (Å²) in [6, 6.07) is 3.35.